The van der Waals surface area contributed by atoms with Gasteiger partial charge in [-0.1, -0.05) is 36.4 Å². The van der Waals surface area contributed by atoms with Gasteiger partial charge in [0.05, 0.1) is 32.2 Å². The third-order valence-electron chi connectivity index (χ3n) is 3.73. The van der Waals surface area contributed by atoms with Gasteiger partial charge in [-0.3, -0.25) is 5.43 Å². The summed E-state index contributed by atoms with van der Waals surface area (Å²) in [5.74, 6) is 0.911. The second kappa shape index (κ2) is 9.05. The highest BCUT2D eigenvalue weighted by Gasteiger charge is 2.09. The standard InChI is InChI=1S/C20H20N4O2S/c1-14-8-4-6-10-16(14)24-21-13-15-9-5-7-11-17(15)27-20-22-18(25-2)12-19(23-20)26-3/h4-13,24H,1-3H3. The number of anilines is 1. The minimum absolute atomic E-state index is 0.455. The van der Waals surface area contributed by atoms with E-state index in [1.54, 1.807) is 26.5 Å². The van der Waals surface area contributed by atoms with Gasteiger partial charge in [0.25, 0.3) is 0 Å². The second-order valence-corrected chi connectivity index (χ2v) is 6.57. The summed E-state index contributed by atoms with van der Waals surface area (Å²) in [5, 5.41) is 4.90. The van der Waals surface area contributed by atoms with E-state index < -0.39 is 0 Å². The molecule has 0 unspecified atom stereocenters. The molecule has 6 nitrogen and oxygen atoms in total. The van der Waals surface area contributed by atoms with E-state index in [1.165, 1.54) is 11.8 Å². The molecular formula is C20H20N4O2S. The van der Waals surface area contributed by atoms with Gasteiger partial charge in [-0.2, -0.15) is 15.1 Å². The summed E-state index contributed by atoms with van der Waals surface area (Å²) in [4.78, 5) is 9.71. The third kappa shape index (κ3) is 4.98. The smallest absolute Gasteiger partial charge is 0.220 e. The molecule has 0 spiro atoms. The maximum absolute atomic E-state index is 5.21. The molecule has 0 aliphatic carbocycles. The zero-order valence-corrected chi connectivity index (χ0v) is 16.2. The van der Waals surface area contributed by atoms with Crippen molar-refractivity contribution < 1.29 is 9.47 Å². The summed E-state index contributed by atoms with van der Waals surface area (Å²) < 4.78 is 10.4. The van der Waals surface area contributed by atoms with E-state index in [-0.39, 0.29) is 0 Å². The summed E-state index contributed by atoms with van der Waals surface area (Å²) in [5.41, 5.74) is 6.14. The van der Waals surface area contributed by atoms with Gasteiger partial charge in [0.15, 0.2) is 5.16 Å². The minimum Gasteiger partial charge on any atom is -0.481 e. The summed E-state index contributed by atoms with van der Waals surface area (Å²) >= 11 is 1.42. The number of para-hydroxylation sites is 1. The Balaban J connectivity index is 1.80. The van der Waals surface area contributed by atoms with Crippen LogP contribution in [0, 0.1) is 6.92 Å². The molecule has 1 heterocycles. The summed E-state index contributed by atoms with van der Waals surface area (Å²) in [6.07, 6.45) is 1.78. The SMILES string of the molecule is COc1cc(OC)nc(Sc2ccccc2C=NNc2ccccc2C)n1. The van der Waals surface area contributed by atoms with E-state index in [9.17, 15) is 0 Å². The normalized spacial score (nSPS) is 10.8. The molecule has 0 saturated heterocycles. The summed E-state index contributed by atoms with van der Waals surface area (Å²) in [7, 11) is 3.13. The van der Waals surface area contributed by atoms with Crippen molar-refractivity contribution in [3.05, 3.63) is 65.7 Å². The lowest BCUT2D eigenvalue weighted by Crippen LogP contribution is -1.97. The lowest BCUT2D eigenvalue weighted by Gasteiger charge is -2.08. The Morgan fingerprint density at radius 2 is 1.63 bits per heavy atom. The van der Waals surface area contributed by atoms with Crippen LogP contribution >= 0.6 is 11.8 Å². The maximum Gasteiger partial charge on any atom is 0.220 e. The highest BCUT2D eigenvalue weighted by atomic mass is 32.2. The third-order valence-corrected chi connectivity index (χ3v) is 4.69. The largest absolute Gasteiger partial charge is 0.481 e. The molecular weight excluding hydrogens is 360 g/mol. The van der Waals surface area contributed by atoms with Crippen molar-refractivity contribution >= 4 is 23.7 Å². The molecule has 0 saturated carbocycles. The molecule has 1 aromatic heterocycles. The highest BCUT2D eigenvalue weighted by molar-refractivity contribution is 7.99. The number of benzene rings is 2. The van der Waals surface area contributed by atoms with E-state index in [0.717, 1.165) is 21.7 Å². The Labute approximate surface area is 162 Å². The molecule has 0 fully saturated rings. The van der Waals surface area contributed by atoms with E-state index in [0.29, 0.717) is 16.9 Å². The minimum atomic E-state index is 0.455. The Bertz CT molecular complexity index is 925. The lowest BCUT2D eigenvalue weighted by atomic mass is 10.2. The number of methoxy groups -OCH3 is 2. The molecule has 0 amide bonds. The molecule has 3 aromatic rings. The zero-order valence-electron chi connectivity index (χ0n) is 15.3. The maximum atomic E-state index is 5.21. The number of rotatable bonds is 7. The number of aromatic nitrogens is 2. The topological polar surface area (TPSA) is 68.6 Å². The van der Waals surface area contributed by atoms with Crippen LogP contribution in [0.2, 0.25) is 0 Å². The van der Waals surface area contributed by atoms with Crippen molar-refractivity contribution in [1.82, 2.24) is 9.97 Å². The number of hydrazone groups is 1. The first-order valence-electron chi connectivity index (χ1n) is 8.28. The van der Waals surface area contributed by atoms with Gasteiger partial charge in [0.2, 0.25) is 11.8 Å². The van der Waals surface area contributed by atoms with Crippen LogP contribution in [0.5, 0.6) is 11.8 Å². The predicted molar refractivity (Wildman–Crippen MR) is 108 cm³/mol. The van der Waals surface area contributed by atoms with E-state index in [1.807, 2.05) is 55.5 Å². The monoisotopic (exact) mass is 380 g/mol. The van der Waals surface area contributed by atoms with Crippen LogP contribution in [0.15, 0.2) is 69.8 Å². The fraction of sp³-hybridized carbons (Fsp3) is 0.150. The van der Waals surface area contributed by atoms with E-state index in [2.05, 4.69) is 20.5 Å². The first-order valence-corrected chi connectivity index (χ1v) is 9.10. The molecule has 138 valence electrons. The van der Waals surface area contributed by atoms with Crippen LogP contribution in [0.3, 0.4) is 0 Å². The van der Waals surface area contributed by atoms with E-state index in [4.69, 9.17) is 9.47 Å². The van der Waals surface area contributed by atoms with Crippen LogP contribution < -0.4 is 14.9 Å². The van der Waals surface area contributed by atoms with Crippen LogP contribution in [0.4, 0.5) is 5.69 Å². The second-order valence-electron chi connectivity index (χ2n) is 5.56. The quantitative estimate of drug-likeness (QED) is 0.372. The molecule has 1 N–H and O–H groups in total. The highest BCUT2D eigenvalue weighted by Crippen LogP contribution is 2.30. The average molecular weight is 380 g/mol. The molecule has 0 aliphatic heterocycles. The Morgan fingerprint density at radius 1 is 0.963 bits per heavy atom. The number of aryl methyl sites for hydroxylation is 1. The molecule has 0 atom stereocenters. The molecule has 0 bridgehead atoms. The van der Waals surface area contributed by atoms with Gasteiger partial charge in [-0.05, 0) is 36.4 Å². The summed E-state index contributed by atoms with van der Waals surface area (Å²) in [6, 6.07) is 17.6. The van der Waals surface area contributed by atoms with Crippen molar-refractivity contribution in [1.29, 1.82) is 0 Å². The van der Waals surface area contributed by atoms with Crippen LogP contribution in [0.1, 0.15) is 11.1 Å². The molecule has 3 rings (SSSR count). The zero-order chi connectivity index (χ0) is 19.1. The molecule has 0 radical (unpaired) electrons. The fourth-order valence-electron chi connectivity index (χ4n) is 2.29. The van der Waals surface area contributed by atoms with Gasteiger partial charge in [-0.15, -0.1) is 0 Å². The van der Waals surface area contributed by atoms with Crippen molar-refractivity contribution in [2.24, 2.45) is 5.10 Å². The van der Waals surface area contributed by atoms with Gasteiger partial charge < -0.3 is 9.47 Å². The van der Waals surface area contributed by atoms with Gasteiger partial charge in [-0.25, -0.2) is 0 Å². The van der Waals surface area contributed by atoms with Crippen LogP contribution in [-0.2, 0) is 0 Å². The van der Waals surface area contributed by atoms with E-state index >= 15 is 0 Å². The Hall–Kier alpha value is -3.06. The Kier molecular flexibility index (Phi) is 6.27. The Morgan fingerprint density at radius 3 is 2.33 bits per heavy atom. The number of hydrogen-bond donors (Lipinski definition) is 1. The fourth-order valence-corrected chi connectivity index (χ4v) is 3.14. The van der Waals surface area contributed by atoms with Crippen molar-refractivity contribution in [3.8, 4) is 11.8 Å². The first kappa shape index (κ1) is 18.7. The van der Waals surface area contributed by atoms with Crippen molar-refractivity contribution in [2.45, 2.75) is 17.0 Å². The van der Waals surface area contributed by atoms with Crippen LogP contribution in [-0.4, -0.2) is 30.4 Å². The van der Waals surface area contributed by atoms with Crippen molar-refractivity contribution in [3.63, 3.8) is 0 Å². The molecule has 7 heteroatoms. The van der Waals surface area contributed by atoms with Crippen molar-refractivity contribution in [2.75, 3.05) is 19.6 Å². The number of ether oxygens (including phenoxy) is 2. The number of nitrogens with zero attached hydrogens (tertiary/aromatic N) is 3. The van der Waals surface area contributed by atoms with Gasteiger partial charge >= 0.3 is 0 Å². The van der Waals surface area contributed by atoms with Gasteiger partial charge in [0.1, 0.15) is 0 Å². The number of nitrogens with one attached hydrogen (secondary N) is 1. The summed E-state index contributed by atoms with van der Waals surface area (Å²) in [6.45, 7) is 2.04. The molecule has 2 aromatic carbocycles. The number of hydrogen-bond acceptors (Lipinski definition) is 7. The van der Waals surface area contributed by atoms with Crippen LogP contribution in [0.25, 0.3) is 0 Å². The molecule has 27 heavy (non-hydrogen) atoms. The first-order chi connectivity index (χ1) is 13.2. The lowest BCUT2D eigenvalue weighted by molar-refractivity contribution is 0.364. The predicted octanol–water partition coefficient (Wildman–Crippen LogP) is 4.40. The molecule has 0 aliphatic rings. The van der Waals surface area contributed by atoms with Gasteiger partial charge in [0, 0.05) is 10.5 Å². The average Bonchev–Trinajstić information content (AvgIpc) is 2.70.